The van der Waals surface area contributed by atoms with Gasteiger partial charge in [-0.15, -0.1) is 0 Å². The van der Waals surface area contributed by atoms with Crippen LogP contribution in [0.2, 0.25) is 5.02 Å². The van der Waals surface area contributed by atoms with Crippen molar-refractivity contribution in [3.63, 3.8) is 0 Å². The molecule has 0 saturated carbocycles. The van der Waals surface area contributed by atoms with Gasteiger partial charge in [0.2, 0.25) is 0 Å². The molecule has 0 N–H and O–H groups in total. The number of nitrogens with zero attached hydrogens (tertiary/aromatic N) is 1. The molecular formula is C21H24ClNO3. The van der Waals surface area contributed by atoms with Gasteiger partial charge in [-0.25, -0.2) is 0 Å². The van der Waals surface area contributed by atoms with Crippen LogP contribution in [0.15, 0.2) is 48.5 Å². The first-order valence-electron chi connectivity index (χ1n) is 8.96. The zero-order valence-corrected chi connectivity index (χ0v) is 15.7. The zero-order valence-electron chi connectivity index (χ0n) is 15.0. The summed E-state index contributed by atoms with van der Waals surface area (Å²) >= 11 is 5.87. The number of rotatable bonds is 5. The zero-order chi connectivity index (χ0) is 18.4. The molecule has 0 aliphatic carbocycles. The van der Waals surface area contributed by atoms with Crippen molar-refractivity contribution in [1.29, 1.82) is 0 Å². The van der Waals surface area contributed by atoms with E-state index >= 15 is 0 Å². The van der Waals surface area contributed by atoms with Crippen molar-refractivity contribution in [3.8, 4) is 11.5 Å². The minimum atomic E-state index is 0.0281. The quantitative estimate of drug-likeness (QED) is 0.773. The van der Waals surface area contributed by atoms with Gasteiger partial charge in [-0.05, 0) is 54.8 Å². The van der Waals surface area contributed by atoms with Crippen LogP contribution in [-0.2, 0) is 4.79 Å². The van der Waals surface area contributed by atoms with Gasteiger partial charge in [0.05, 0.1) is 7.11 Å². The molecule has 26 heavy (non-hydrogen) atoms. The normalized spacial score (nSPS) is 17.5. The number of amides is 1. The van der Waals surface area contributed by atoms with Crippen molar-refractivity contribution in [2.75, 3.05) is 26.8 Å². The van der Waals surface area contributed by atoms with E-state index in [1.165, 1.54) is 5.56 Å². The van der Waals surface area contributed by atoms with Gasteiger partial charge in [-0.2, -0.15) is 0 Å². The summed E-state index contributed by atoms with van der Waals surface area (Å²) in [6.45, 7) is 1.57. The predicted octanol–water partition coefficient (Wildman–Crippen LogP) is 4.52. The molecule has 1 amide bonds. The maximum atomic E-state index is 12.6. The van der Waals surface area contributed by atoms with Gasteiger partial charge < -0.3 is 14.4 Å². The van der Waals surface area contributed by atoms with Crippen molar-refractivity contribution in [2.45, 2.75) is 25.2 Å². The highest BCUT2D eigenvalue weighted by Crippen LogP contribution is 2.28. The van der Waals surface area contributed by atoms with Gasteiger partial charge >= 0.3 is 0 Å². The third-order valence-electron chi connectivity index (χ3n) is 4.79. The van der Waals surface area contributed by atoms with Crippen molar-refractivity contribution in [1.82, 2.24) is 4.90 Å². The lowest BCUT2D eigenvalue weighted by molar-refractivity contribution is -0.133. The van der Waals surface area contributed by atoms with E-state index in [2.05, 4.69) is 12.1 Å². The van der Waals surface area contributed by atoms with E-state index in [9.17, 15) is 4.79 Å². The third kappa shape index (κ3) is 4.92. The van der Waals surface area contributed by atoms with Crippen LogP contribution in [0.3, 0.4) is 0 Å². The Kier molecular flexibility index (Phi) is 6.40. The second-order valence-corrected chi connectivity index (χ2v) is 6.98. The lowest BCUT2D eigenvalue weighted by Gasteiger charge is -2.25. The van der Waals surface area contributed by atoms with Gasteiger partial charge in [0, 0.05) is 24.0 Å². The molecule has 138 valence electrons. The van der Waals surface area contributed by atoms with E-state index in [-0.39, 0.29) is 12.5 Å². The molecular weight excluding hydrogens is 350 g/mol. The minimum Gasteiger partial charge on any atom is -0.497 e. The van der Waals surface area contributed by atoms with E-state index < -0.39 is 0 Å². The molecule has 0 aromatic heterocycles. The first-order valence-corrected chi connectivity index (χ1v) is 9.33. The fourth-order valence-electron chi connectivity index (χ4n) is 3.28. The molecule has 5 heteroatoms. The van der Waals surface area contributed by atoms with Crippen molar-refractivity contribution >= 4 is 17.5 Å². The maximum absolute atomic E-state index is 12.6. The Balaban J connectivity index is 1.60. The number of ether oxygens (including phenoxy) is 2. The van der Waals surface area contributed by atoms with Gasteiger partial charge in [-0.3, -0.25) is 4.79 Å². The standard InChI is InChI=1S/C21H24ClNO3/c1-25-19-9-5-16(6-10-19)17-4-2-3-13-23(14-17)21(24)15-26-20-11-7-18(22)8-12-20/h5-12,17H,2-4,13-15H2,1H3. The number of hydrogen-bond acceptors (Lipinski definition) is 3. The Hall–Kier alpha value is -2.20. The first-order chi connectivity index (χ1) is 12.7. The van der Waals surface area contributed by atoms with E-state index in [0.29, 0.717) is 16.7 Å². The summed E-state index contributed by atoms with van der Waals surface area (Å²) in [5.74, 6) is 1.89. The predicted molar refractivity (Wildman–Crippen MR) is 103 cm³/mol. The summed E-state index contributed by atoms with van der Waals surface area (Å²) in [6, 6.07) is 15.2. The number of halogens is 1. The van der Waals surface area contributed by atoms with Gasteiger partial charge in [0.1, 0.15) is 11.5 Å². The summed E-state index contributed by atoms with van der Waals surface area (Å²) in [6.07, 6.45) is 3.24. The molecule has 1 heterocycles. The molecule has 1 saturated heterocycles. The Labute approximate surface area is 159 Å². The number of likely N-dealkylation sites (tertiary alicyclic amines) is 1. The molecule has 1 aliphatic heterocycles. The van der Waals surface area contributed by atoms with Gasteiger partial charge in [-0.1, -0.05) is 30.2 Å². The average molecular weight is 374 g/mol. The second-order valence-electron chi connectivity index (χ2n) is 6.55. The molecule has 1 fully saturated rings. The molecule has 4 nitrogen and oxygen atoms in total. The topological polar surface area (TPSA) is 38.8 Å². The third-order valence-corrected chi connectivity index (χ3v) is 5.04. The van der Waals surface area contributed by atoms with E-state index in [1.54, 1.807) is 31.4 Å². The highest BCUT2D eigenvalue weighted by atomic mass is 35.5. The number of carbonyl (C=O) groups is 1. The van der Waals surface area contributed by atoms with Crippen molar-refractivity contribution in [2.24, 2.45) is 0 Å². The van der Waals surface area contributed by atoms with Crippen LogP contribution in [0.25, 0.3) is 0 Å². The highest BCUT2D eigenvalue weighted by Gasteiger charge is 2.23. The number of hydrogen-bond donors (Lipinski definition) is 0. The van der Waals surface area contributed by atoms with Crippen molar-refractivity contribution < 1.29 is 14.3 Å². The maximum Gasteiger partial charge on any atom is 0.260 e. The largest absolute Gasteiger partial charge is 0.497 e. The van der Waals surface area contributed by atoms with Gasteiger partial charge in [0.25, 0.3) is 5.91 Å². The van der Waals surface area contributed by atoms with Crippen LogP contribution in [-0.4, -0.2) is 37.6 Å². The van der Waals surface area contributed by atoms with Crippen LogP contribution in [0.1, 0.15) is 30.7 Å². The Bertz CT molecular complexity index is 715. The van der Waals surface area contributed by atoms with Crippen LogP contribution < -0.4 is 9.47 Å². The summed E-state index contributed by atoms with van der Waals surface area (Å²) < 4.78 is 10.9. The lowest BCUT2D eigenvalue weighted by Crippen LogP contribution is -2.37. The molecule has 1 aliphatic rings. The summed E-state index contributed by atoms with van der Waals surface area (Å²) in [5, 5.41) is 0.651. The van der Waals surface area contributed by atoms with Crippen molar-refractivity contribution in [3.05, 3.63) is 59.1 Å². The molecule has 3 rings (SSSR count). The molecule has 1 atom stereocenters. The minimum absolute atomic E-state index is 0.0281. The number of carbonyl (C=O) groups excluding carboxylic acids is 1. The highest BCUT2D eigenvalue weighted by molar-refractivity contribution is 6.30. The van der Waals surface area contributed by atoms with Crippen LogP contribution in [0.4, 0.5) is 0 Å². The van der Waals surface area contributed by atoms with Gasteiger partial charge in [0.15, 0.2) is 6.61 Å². The molecule has 0 radical (unpaired) electrons. The Morgan fingerprint density at radius 1 is 1.08 bits per heavy atom. The lowest BCUT2D eigenvalue weighted by atomic mass is 9.94. The SMILES string of the molecule is COc1ccc(C2CCCCN(C(=O)COc3ccc(Cl)cc3)C2)cc1. The Morgan fingerprint density at radius 3 is 2.46 bits per heavy atom. The molecule has 2 aromatic rings. The summed E-state index contributed by atoms with van der Waals surface area (Å²) in [7, 11) is 1.67. The summed E-state index contributed by atoms with van der Waals surface area (Å²) in [5.41, 5.74) is 1.25. The summed E-state index contributed by atoms with van der Waals surface area (Å²) in [4.78, 5) is 14.6. The van der Waals surface area contributed by atoms with E-state index in [1.807, 2.05) is 17.0 Å². The molecule has 2 aromatic carbocycles. The second kappa shape index (κ2) is 8.95. The fraction of sp³-hybridized carbons (Fsp3) is 0.381. The van der Waals surface area contributed by atoms with Crippen LogP contribution in [0, 0.1) is 0 Å². The monoisotopic (exact) mass is 373 g/mol. The number of methoxy groups -OCH3 is 1. The first kappa shape index (κ1) is 18.6. The van der Waals surface area contributed by atoms with Crippen LogP contribution >= 0.6 is 11.6 Å². The average Bonchev–Trinajstić information content (AvgIpc) is 2.94. The van der Waals surface area contributed by atoms with E-state index in [4.69, 9.17) is 21.1 Å². The molecule has 0 spiro atoms. The smallest absolute Gasteiger partial charge is 0.260 e. The fourth-order valence-corrected chi connectivity index (χ4v) is 3.41. The van der Waals surface area contributed by atoms with E-state index in [0.717, 1.165) is 38.1 Å². The molecule has 1 unspecified atom stereocenters. The number of benzene rings is 2. The Morgan fingerprint density at radius 2 is 1.77 bits per heavy atom. The van der Waals surface area contributed by atoms with Crippen LogP contribution in [0.5, 0.6) is 11.5 Å². The molecule has 0 bridgehead atoms.